The van der Waals surface area contributed by atoms with E-state index in [0.29, 0.717) is 28.0 Å². The van der Waals surface area contributed by atoms with Gasteiger partial charge in [0, 0.05) is 19.6 Å². The molecule has 240 valence electrons. The summed E-state index contributed by atoms with van der Waals surface area (Å²) in [6.45, 7) is 3.09. The van der Waals surface area contributed by atoms with Gasteiger partial charge in [-0.05, 0) is 73.6 Å². The zero-order chi connectivity index (χ0) is 32.9. The summed E-state index contributed by atoms with van der Waals surface area (Å²) in [5.74, 6) is -3.32. The van der Waals surface area contributed by atoms with Gasteiger partial charge in [0.05, 0.1) is 23.1 Å². The van der Waals surface area contributed by atoms with Crippen molar-refractivity contribution in [2.24, 2.45) is 0 Å². The first-order valence-electron chi connectivity index (χ1n) is 14.4. The Morgan fingerprint density at radius 1 is 1.13 bits per heavy atom. The molecule has 0 spiro atoms. The van der Waals surface area contributed by atoms with Crippen LogP contribution in [0, 0.1) is 11.3 Å². The van der Waals surface area contributed by atoms with Crippen molar-refractivity contribution in [1.82, 2.24) is 14.5 Å². The summed E-state index contributed by atoms with van der Waals surface area (Å²) in [5.41, 5.74) is 2.57. The number of carbonyl (C=O) groups excluding carboxylic acids is 3. The maximum Gasteiger partial charge on any atom is 0.471 e. The van der Waals surface area contributed by atoms with Gasteiger partial charge < -0.3 is 14.5 Å². The third kappa shape index (κ3) is 7.90. The van der Waals surface area contributed by atoms with Crippen LogP contribution in [-0.2, 0) is 48.5 Å². The molecule has 4 rings (SSSR count). The van der Waals surface area contributed by atoms with Gasteiger partial charge in [-0.3, -0.25) is 9.59 Å². The lowest BCUT2D eigenvalue weighted by Crippen LogP contribution is -2.56. The quantitative estimate of drug-likeness (QED) is 0.326. The number of fused-ring (bicyclic) bond motifs is 1. The number of hydrogen-bond acceptors (Lipinski definition) is 7. The molecule has 14 heteroatoms. The first-order chi connectivity index (χ1) is 21.3. The Balaban J connectivity index is 1.67. The van der Waals surface area contributed by atoms with Crippen LogP contribution in [0.3, 0.4) is 0 Å². The fraction of sp³-hybridized carbons (Fsp3) is 0.419. The van der Waals surface area contributed by atoms with Crippen molar-refractivity contribution in [2.75, 3.05) is 19.7 Å². The van der Waals surface area contributed by atoms with Crippen LogP contribution in [0.25, 0.3) is 0 Å². The molecule has 0 aromatic heterocycles. The number of alkyl halides is 3. The van der Waals surface area contributed by atoms with Crippen molar-refractivity contribution in [1.29, 1.82) is 5.26 Å². The van der Waals surface area contributed by atoms with Crippen LogP contribution >= 0.6 is 0 Å². The van der Waals surface area contributed by atoms with E-state index in [2.05, 4.69) is 4.72 Å². The molecule has 0 fully saturated rings. The normalized spacial score (nSPS) is 17.5. The molecule has 0 bridgehead atoms. The average Bonchev–Trinajstić information content (AvgIpc) is 3.02. The lowest BCUT2D eigenvalue weighted by atomic mass is 9.96. The summed E-state index contributed by atoms with van der Waals surface area (Å²) < 4.78 is 74.3. The highest BCUT2D eigenvalue weighted by atomic mass is 32.2. The molecule has 1 N–H and O–H groups in total. The van der Waals surface area contributed by atoms with Gasteiger partial charge in [-0.15, -0.1) is 0 Å². The molecule has 0 saturated heterocycles. The number of hydrogen-bond donors (Lipinski definition) is 1. The van der Waals surface area contributed by atoms with Crippen molar-refractivity contribution >= 4 is 27.8 Å². The van der Waals surface area contributed by atoms with E-state index in [4.69, 9.17) is 4.74 Å². The highest BCUT2D eigenvalue weighted by Crippen LogP contribution is 2.28. The molecule has 0 aliphatic carbocycles. The average molecular weight is 647 g/mol. The van der Waals surface area contributed by atoms with E-state index >= 15 is 0 Å². The molecule has 2 heterocycles. The summed E-state index contributed by atoms with van der Waals surface area (Å²) in [5, 5.41) is 9.35. The summed E-state index contributed by atoms with van der Waals surface area (Å²) in [7, 11) is -4.46. The van der Waals surface area contributed by atoms with Crippen LogP contribution < -0.4 is 4.72 Å². The van der Waals surface area contributed by atoms with E-state index in [9.17, 15) is 41.2 Å². The van der Waals surface area contributed by atoms with Gasteiger partial charge in [0.25, 0.3) is 0 Å². The minimum absolute atomic E-state index is 0.0455. The van der Waals surface area contributed by atoms with Gasteiger partial charge in [0.1, 0.15) is 12.1 Å². The molecule has 2 aromatic carbocycles. The molecule has 10 nitrogen and oxygen atoms in total. The van der Waals surface area contributed by atoms with E-state index in [-0.39, 0.29) is 49.4 Å². The molecule has 0 radical (unpaired) electrons. The van der Waals surface area contributed by atoms with Crippen molar-refractivity contribution in [3.05, 3.63) is 76.4 Å². The number of ether oxygens (including phenoxy) is 1. The van der Waals surface area contributed by atoms with Crippen LogP contribution in [0.2, 0.25) is 0 Å². The Bertz CT molecular complexity index is 1650. The predicted octanol–water partition coefficient (Wildman–Crippen LogP) is 3.40. The number of halogens is 3. The second kappa shape index (κ2) is 13.8. The SMILES string of the molecule is CCOC(=O)[C@H]1CC(CC)=CCN1C(=O)[C@H](Cc1cccc(C#N)c1)NS(=O)(=O)c1ccc2c(c1)CN(C(=O)C(F)(F)F)CC2. The molecule has 2 atom stereocenters. The Kier molecular flexibility index (Phi) is 10.3. The van der Waals surface area contributed by atoms with Gasteiger partial charge in [0.15, 0.2) is 0 Å². The Hall–Kier alpha value is -4.22. The molecule has 2 aliphatic rings. The summed E-state index contributed by atoms with van der Waals surface area (Å²) in [6, 6.07) is 9.88. The Morgan fingerprint density at radius 3 is 2.56 bits per heavy atom. The van der Waals surface area contributed by atoms with Crippen molar-refractivity contribution in [3.63, 3.8) is 0 Å². The fourth-order valence-corrected chi connectivity index (χ4v) is 6.71. The molecular formula is C31H33F3N4O6S. The first-order valence-corrected chi connectivity index (χ1v) is 15.9. The van der Waals surface area contributed by atoms with Crippen LogP contribution in [-0.4, -0.2) is 74.0 Å². The molecule has 0 saturated carbocycles. The van der Waals surface area contributed by atoms with Crippen LogP contribution in [0.15, 0.2) is 59.0 Å². The second-order valence-electron chi connectivity index (χ2n) is 10.8. The number of sulfonamides is 1. The van der Waals surface area contributed by atoms with E-state index in [1.54, 1.807) is 25.1 Å². The lowest BCUT2D eigenvalue weighted by Gasteiger charge is -2.36. The maximum atomic E-state index is 14.1. The van der Waals surface area contributed by atoms with Crippen LogP contribution in [0.5, 0.6) is 0 Å². The lowest BCUT2D eigenvalue weighted by molar-refractivity contribution is -0.186. The van der Waals surface area contributed by atoms with Crippen LogP contribution in [0.4, 0.5) is 13.2 Å². The third-order valence-corrected chi connectivity index (χ3v) is 9.30. The van der Waals surface area contributed by atoms with Gasteiger partial charge in [0.2, 0.25) is 15.9 Å². The van der Waals surface area contributed by atoms with Gasteiger partial charge in [-0.25, -0.2) is 13.2 Å². The summed E-state index contributed by atoms with van der Waals surface area (Å²) in [6.07, 6.45) is -2.43. The summed E-state index contributed by atoms with van der Waals surface area (Å²) >= 11 is 0. The highest BCUT2D eigenvalue weighted by molar-refractivity contribution is 7.89. The number of nitrogens with one attached hydrogen (secondary N) is 1. The number of benzene rings is 2. The maximum absolute atomic E-state index is 14.1. The fourth-order valence-electron chi connectivity index (χ4n) is 5.47. The zero-order valence-corrected chi connectivity index (χ0v) is 25.6. The highest BCUT2D eigenvalue weighted by Gasteiger charge is 2.43. The topological polar surface area (TPSA) is 137 Å². The van der Waals surface area contributed by atoms with Crippen molar-refractivity contribution < 1.29 is 40.7 Å². The number of amides is 2. The number of carbonyl (C=O) groups is 3. The van der Waals surface area contributed by atoms with Crippen LogP contribution in [0.1, 0.15) is 48.9 Å². The molecule has 0 unspecified atom stereocenters. The number of rotatable bonds is 9. The molecular weight excluding hydrogens is 613 g/mol. The zero-order valence-electron chi connectivity index (χ0n) is 24.8. The van der Waals surface area contributed by atoms with Gasteiger partial charge >= 0.3 is 18.1 Å². The largest absolute Gasteiger partial charge is 0.471 e. The van der Waals surface area contributed by atoms with Gasteiger partial charge in [-0.1, -0.05) is 36.8 Å². The van der Waals surface area contributed by atoms with Crippen molar-refractivity contribution in [3.8, 4) is 6.07 Å². The van der Waals surface area contributed by atoms with E-state index in [1.807, 2.05) is 19.1 Å². The minimum Gasteiger partial charge on any atom is -0.464 e. The molecule has 2 amide bonds. The standard InChI is InChI=1S/C31H33F3N4O6S/c1-3-20-10-13-38(27(16-20)29(40)44-4-2)28(39)26(15-21-6-5-7-22(14-21)18-35)36-45(42,43)25-9-8-23-11-12-37(19-24(23)17-25)30(41)31(32,33)34/h5-10,14,17,26-27,36H,3-4,11-13,15-16,19H2,1-2H3/t26-,27+/m0/s1. The first kappa shape index (κ1) is 33.7. The Morgan fingerprint density at radius 2 is 1.89 bits per heavy atom. The van der Waals surface area contributed by atoms with Crippen molar-refractivity contribution in [2.45, 2.75) is 69.2 Å². The Labute approximate surface area is 259 Å². The number of nitriles is 1. The minimum atomic E-state index is -5.07. The number of nitrogens with zero attached hydrogens (tertiary/aromatic N) is 3. The smallest absolute Gasteiger partial charge is 0.464 e. The molecule has 2 aromatic rings. The van der Waals surface area contributed by atoms with E-state index in [1.165, 1.54) is 29.2 Å². The van der Waals surface area contributed by atoms with E-state index in [0.717, 1.165) is 5.57 Å². The molecule has 45 heavy (non-hydrogen) atoms. The second-order valence-corrected chi connectivity index (χ2v) is 12.5. The predicted molar refractivity (Wildman–Crippen MR) is 156 cm³/mol. The third-order valence-electron chi connectivity index (χ3n) is 7.83. The summed E-state index contributed by atoms with van der Waals surface area (Å²) in [4.78, 5) is 40.4. The molecule has 2 aliphatic heterocycles. The number of esters is 1. The van der Waals surface area contributed by atoms with E-state index < -0.39 is 52.6 Å². The monoisotopic (exact) mass is 646 g/mol. The van der Waals surface area contributed by atoms with Gasteiger partial charge in [-0.2, -0.15) is 23.2 Å².